The van der Waals surface area contributed by atoms with E-state index in [1.54, 1.807) is 18.2 Å². The summed E-state index contributed by atoms with van der Waals surface area (Å²) >= 11 is 4.11. The number of anilines is 1. The number of hydrogen-bond acceptors (Lipinski definition) is 4. The molecule has 0 atom stereocenters. The first-order chi connectivity index (χ1) is 5.27. The van der Waals surface area contributed by atoms with Gasteiger partial charge in [-0.05, 0) is 18.2 Å². The highest BCUT2D eigenvalue weighted by Crippen LogP contribution is 2.19. The van der Waals surface area contributed by atoms with Gasteiger partial charge in [0.15, 0.2) is 0 Å². The minimum absolute atomic E-state index is 0.566. The smallest absolute Gasteiger partial charge is 0.0992 e. The third-order valence-electron chi connectivity index (χ3n) is 1.28. The Labute approximate surface area is 70.2 Å². The third-order valence-corrected chi connectivity index (χ3v) is 1.67. The standard InChI is InChI=1S/C7H7N3S/c8-4-5-1-2-7(11)6(3-5)10-9/h1-3,10-11H,9H2. The minimum Gasteiger partial charge on any atom is -0.323 e. The van der Waals surface area contributed by atoms with Gasteiger partial charge in [-0.2, -0.15) is 5.26 Å². The van der Waals surface area contributed by atoms with Crippen LogP contribution in [-0.4, -0.2) is 0 Å². The first kappa shape index (κ1) is 7.92. The van der Waals surface area contributed by atoms with Crippen LogP contribution in [0.15, 0.2) is 23.1 Å². The van der Waals surface area contributed by atoms with E-state index in [1.165, 1.54) is 0 Å². The van der Waals surface area contributed by atoms with Gasteiger partial charge in [0.05, 0.1) is 17.3 Å². The van der Waals surface area contributed by atoms with Gasteiger partial charge >= 0.3 is 0 Å². The first-order valence-electron chi connectivity index (χ1n) is 2.97. The van der Waals surface area contributed by atoms with E-state index in [-0.39, 0.29) is 0 Å². The molecule has 3 N–H and O–H groups in total. The van der Waals surface area contributed by atoms with Crippen LogP contribution in [0.5, 0.6) is 0 Å². The summed E-state index contributed by atoms with van der Waals surface area (Å²) in [5.41, 5.74) is 3.67. The highest BCUT2D eigenvalue weighted by Gasteiger charge is 1.97. The van der Waals surface area contributed by atoms with Crippen molar-refractivity contribution in [3.63, 3.8) is 0 Å². The van der Waals surface area contributed by atoms with Gasteiger partial charge in [-0.1, -0.05) is 0 Å². The third kappa shape index (κ3) is 1.64. The van der Waals surface area contributed by atoms with Gasteiger partial charge in [0.2, 0.25) is 0 Å². The monoisotopic (exact) mass is 165 g/mol. The number of thiol groups is 1. The quantitative estimate of drug-likeness (QED) is 0.332. The van der Waals surface area contributed by atoms with Gasteiger partial charge in [-0.3, -0.25) is 5.84 Å². The fourth-order valence-corrected chi connectivity index (χ4v) is 0.925. The number of nitrogens with one attached hydrogen (secondary N) is 1. The van der Waals surface area contributed by atoms with E-state index in [1.807, 2.05) is 6.07 Å². The molecule has 0 spiro atoms. The van der Waals surface area contributed by atoms with Crippen molar-refractivity contribution in [1.29, 1.82) is 5.26 Å². The Morgan fingerprint density at radius 1 is 1.55 bits per heavy atom. The zero-order valence-electron chi connectivity index (χ0n) is 5.70. The van der Waals surface area contributed by atoms with Crippen molar-refractivity contribution in [1.82, 2.24) is 0 Å². The van der Waals surface area contributed by atoms with E-state index in [0.717, 1.165) is 4.90 Å². The summed E-state index contributed by atoms with van der Waals surface area (Å²) in [6.45, 7) is 0. The maximum Gasteiger partial charge on any atom is 0.0992 e. The van der Waals surface area contributed by atoms with Crippen LogP contribution in [0.4, 0.5) is 5.69 Å². The average Bonchev–Trinajstić information content (AvgIpc) is 2.05. The predicted octanol–water partition coefficient (Wildman–Crippen LogP) is 1.13. The molecule has 1 aromatic carbocycles. The molecule has 0 saturated carbocycles. The van der Waals surface area contributed by atoms with Crippen molar-refractivity contribution in [3.05, 3.63) is 23.8 Å². The van der Waals surface area contributed by atoms with Gasteiger partial charge in [0.1, 0.15) is 0 Å². The second-order valence-electron chi connectivity index (χ2n) is 1.99. The Hall–Kier alpha value is -1.18. The molecule has 0 heterocycles. The molecule has 11 heavy (non-hydrogen) atoms. The number of nitriles is 1. The van der Waals surface area contributed by atoms with Gasteiger partial charge in [0, 0.05) is 4.90 Å². The topological polar surface area (TPSA) is 61.8 Å². The highest BCUT2D eigenvalue weighted by molar-refractivity contribution is 7.80. The molecule has 1 aromatic rings. The molecule has 0 saturated heterocycles. The summed E-state index contributed by atoms with van der Waals surface area (Å²) in [5, 5.41) is 8.50. The average molecular weight is 165 g/mol. The summed E-state index contributed by atoms with van der Waals surface area (Å²) < 4.78 is 0. The molecule has 0 amide bonds. The zero-order valence-corrected chi connectivity index (χ0v) is 6.60. The molecule has 0 fully saturated rings. The van der Waals surface area contributed by atoms with Crippen LogP contribution in [0.2, 0.25) is 0 Å². The summed E-state index contributed by atoms with van der Waals surface area (Å²) in [6, 6.07) is 7.04. The lowest BCUT2D eigenvalue weighted by Gasteiger charge is -2.02. The summed E-state index contributed by atoms with van der Waals surface area (Å²) in [7, 11) is 0. The first-order valence-corrected chi connectivity index (χ1v) is 3.42. The number of hydrogen-bond donors (Lipinski definition) is 3. The molecule has 0 aliphatic heterocycles. The fourth-order valence-electron chi connectivity index (χ4n) is 0.721. The highest BCUT2D eigenvalue weighted by atomic mass is 32.1. The molecule has 3 nitrogen and oxygen atoms in total. The number of nitrogen functional groups attached to an aromatic ring is 1. The molecule has 4 heteroatoms. The zero-order chi connectivity index (χ0) is 8.27. The van der Waals surface area contributed by atoms with Crippen LogP contribution >= 0.6 is 12.6 Å². The van der Waals surface area contributed by atoms with Crippen LogP contribution in [0, 0.1) is 11.3 Å². The van der Waals surface area contributed by atoms with Crippen molar-refractivity contribution >= 4 is 18.3 Å². The van der Waals surface area contributed by atoms with Crippen LogP contribution < -0.4 is 11.3 Å². The molecule has 0 bridgehead atoms. The fraction of sp³-hybridized carbons (Fsp3) is 0. The van der Waals surface area contributed by atoms with Crippen molar-refractivity contribution in [2.75, 3.05) is 5.43 Å². The predicted molar refractivity (Wildman–Crippen MR) is 46.2 cm³/mol. The van der Waals surface area contributed by atoms with Crippen molar-refractivity contribution in [2.45, 2.75) is 4.90 Å². The van der Waals surface area contributed by atoms with Crippen molar-refractivity contribution in [2.24, 2.45) is 5.84 Å². The second kappa shape index (κ2) is 3.28. The Kier molecular flexibility index (Phi) is 2.36. The lowest BCUT2D eigenvalue weighted by Crippen LogP contribution is -2.07. The molecule has 0 unspecified atom stereocenters. The van der Waals surface area contributed by atoms with Gasteiger partial charge < -0.3 is 5.43 Å². The molecular formula is C7H7N3S. The maximum atomic E-state index is 8.50. The maximum absolute atomic E-state index is 8.50. The summed E-state index contributed by atoms with van der Waals surface area (Å²) in [5.74, 6) is 5.17. The van der Waals surface area contributed by atoms with Crippen LogP contribution in [0.1, 0.15) is 5.56 Å². The molecule has 0 aliphatic rings. The number of nitrogens with two attached hydrogens (primary N) is 1. The van der Waals surface area contributed by atoms with Gasteiger partial charge in [0.25, 0.3) is 0 Å². The molecule has 0 aromatic heterocycles. The van der Waals surface area contributed by atoms with Crippen molar-refractivity contribution < 1.29 is 0 Å². The molecule has 56 valence electrons. The van der Waals surface area contributed by atoms with Crippen LogP contribution in [-0.2, 0) is 0 Å². The Bertz CT molecular complexity index is 303. The van der Waals surface area contributed by atoms with E-state index >= 15 is 0 Å². The number of rotatable bonds is 1. The van der Waals surface area contributed by atoms with E-state index in [9.17, 15) is 0 Å². The Morgan fingerprint density at radius 3 is 2.82 bits per heavy atom. The molecular weight excluding hydrogens is 158 g/mol. The SMILES string of the molecule is N#Cc1ccc(S)c(NN)c1. The number of nitrogens with zero attached hydrogens (tertiary/aromatic N) is 1. The molecule has 0 radical (unpaired) electrons. The normalized spacial score (nSPS) is 8.82. The summed E-state index contributed by atoms with van der Waals surface area (Å²) in [4.78, 5) is 0.728. The van der Waals surface area contributed by atoms with Gasteiger partial charge in [-0.25, -0.2) is 0 Å². The number of benzene rings is 1. The number of hydrazine groups is 1. The van der Waals surface area contributed by atoms with Crippen LogP contribution in [0.3, 0.4) is 0 Å². The Balaban J connectivity index is 3.15. The Morgan fingerprint density at radius 2 is 2.27 bits per heavy atom. The summed E-state index contributed by atoms with van der Waals surface area (Å²) in [6.07, 6.45) is 0. The second-order valence-corrected chi connectivity index (χ2v) is 2.47. The van der Waals surface area contributed by atoms with Gasteiger partial charge in [-0.15, -0.1) is 12.6 Å². The lowest BCUT2D eigenvalue weighted by molar-refractivity contribution is 1.29. The lowest BCUT2D eigenvalue weighted by atomic mass is 10.2. The van der Waals surface area contributed by atoms with E-state index in [2.05, 4.69) is 18.1 Å². The molecule has 1 rings (SSSR count). The minimum atomic E-state index is 0.566. The largest absolute Gasteiger partial charge is 0.323 e. The van der Waals surface area contributed by atoms with E-state index in [0.29, 0.717) is 11.3 Å². The van der Waals surface area contributed by atoms with Crippen molar-refractivity contribution in [3.8, 4) is 6.07 Å². The van der Waals surface area contributed by atoms with E-state index < -0.39 is 0 Å². The van der Waals surface area contributed by atoms with E-state index in [4.69, 9.17) is 11.1 Å². The van der Waals surface area contributed by atoms with Crippen LogP contribution in [0.25, 0.3) is 0 Å². The molecule has 0 aliphatic carbocycles.